The molecule has 0 saturated carbocycles. The lowest BCUT2D eigenvalue weighted by molar-refractivity contribution is -0.121. The quantitative estimate of drug-likeness (QED) is 0.293. The van der Waals surface area contributed by atoms with Crippen molar-refractivity contribution in [2.45, 2.75) is 12.8 Å². The molecule has 4 aromatic rings. The first-order chi connectivity index (χ1) is 18.4. The number of likely N-dealkylation sites (tertiary alicyclic amines) is 1. The van der Waals surface area contributed by atoms with Gasteiger partial charge in [-0.15, -0.1) is 0 Å². The molecule has 3 heterocycles. The number of rotatable bonds is 5. The van der Waals surface area contributed by atoms with E-state index < -0.39 is 6.09 Å². The number of fused-ring (bicyclic) bond motifs is 1. The minimum Gasteiger partial charge on any atom is -0.465 e. The zero-order chi connectivity index (χ0) is 26.6. The van der Waals surface area contributed by atoms with Crippen LogP contribution in [-0.2, 0) is 4.79 Å². The minimum atomic E-state index is -0.970. The molecule has 2 aromatic carbocycles. The highest BCUT2D eigenvalue weighted by Crippen LogP contribution is 2.32. The summed E-state index contributed by atoms with van der Waals surface area (Å²) in [5, 5.41) is 15.7. The first kappa shape index (κ1) is 25.1. The monoisotopic (exact) mass is 533 g/mol. The van der Waals surface area contributed by atoms with Gasteiger partial charge < -0.3 is 25.4 Å². The number of carboxylic acid groups (broad SMARTS) is 1. The van der Waals surface area contributed by atoms with Crippen molar-refractivity contribution in [3.8, 4) is 11.5 Å². The Hall–Kier alpha value is -4.57. The number of ether oxygens (including phenoxy) is 1. The molecule has 0 bridgehead atoms. The Morgan fingerprint density at radius 3 is 2.45 bits per heavy atom. The fraction of sp³-hybridized carbons (Fsp3) is 0.185. The van der Waals surface area contributed by atoms with Gasteiger partial charge in [-0.3, -0.25) is 9.36 Å². The number of piperidine rings is 1. The van der Waals surface area contributed by atoms with Gasteiger partial charge in [0.25, 0.3) is 0 Å². The summed E-state index contributed by atoms with van der Waals surface area (Å²) >= 11 is 6.43. The zero-order valence-electron chi connectivity index (χ0n) is 20.1. The lowest BCUT2D eigenvalue weighted by Crippen LogP contribution is -2.40. The van der Waals surface area contributed by atoms with Crippen molar-refractivity contribution in [2.24, 2.45) is 5.92 Å². The van der Waals surface area contributed by atoms with Crippen molar-refractivity contribution in [2.75, 3.05) is 23.7 Å². The summed E-state index contributed by atoms with van der Waals surface area (Å²) in [6.45, 7) is 0.648. The number of para-hydroxylation sites is 1. The number of carbonyl (C=O) groups excluding carboxylic acids is 2. The van der Waals surface area contributed by atoms with Crippen molar-refractivity contribution in [1.29, 1.82) is 0 Å². The molecule has 1 aliphatic heterocycles. The van der Waals surface area contributed by atoms with Gasteiger partial charge in [0.2, 0.25) is 5.91 Å². The van der Waals surface area contributed by atoms with Crippen LogP contribution in [0, 0.1) is 5.92 Å². The van der Waals surface area contributed by atoms with Crippen LogP contribution in [-0.4, -0.2) is 50.7 Å². The van der Waals surface area contributed by atoms with Crippen molar-refractivity contribution in [3.63, 3.8) is 0 Å². The fourth-order valence-corrected chi connectivity index (χ4v) is 4.59. The number of aromatic nitrogens is 2. The number of halogens is 1. The van der Waals surface area contributed by atoms with Gasteiger partial charge in [-0.05, 0) is 49.2 Å². The molecule has 2 aromatic heterocycles. The summed E-state index contributed by atoms with van der Waals surface area (Å²) in [6.07, 6.45) is 3.02. The highest BCUT2D eigenvalue weighted by molar-refractivity contribution is 6.36. The smallest absolute Gasteiger partial charge is 0.407 e. The van der Waals surface area contributed by atoms with Crippen LogP contribution in [0.15, 0.2) is 73.1 Å². The maximum atomic E-state index is 12.8. The Kier molecular flexibility index (Phi) is 7.14. The van der Waals surface area contributed by atoms with Crippen molar-refractivity contribution >= 4 is 52.0 Å². The van der Waals surface area contributed by atoms with Gasteiger partial charge in [-0.1, -0.05) is 29.8 Å². The molecule has 10 nitrogen and oxygen atoms in total. The summed E-state index contributed by atoms with van der Waals surface area (Å²) in [7, 11) is 0. The van der Waals surface area contributed by atoms with Crippen LogP contribution >= 0.6 is 11.6 Å². The van der Waals surface area contributed by atoms with E-state index in [1.54, 1.807) is 48.7 Å². The number of carbonyl (C=O) groups is 3. The standard InChI is InChI=1S/C27H24ClN5O5/c28-22-16-33(26(35)30-18-4-2-1-3-5-18)23-7-6-19(14-21(22)23)38-20-8-11-29-24(15-20)31-25(34)17-9-12-32(13-10-17)27(36)37/h1-8,11,14-17H,9-10,12-13H2,(H,30,35)(H,36,37)(H,29,31,34). The third kappa shape index (κ3) is 5.55. The van der Waals surface area contributed by atoms with Crippen LogP contribution in [0.4, 0.5) is 21.1 Å². The summed E-state index contributed by atoms with van der Waals surface area (Å²) in [4.78, 5) is 42.0. The van der Waals surface area contributed by atoms with Gasteiger partial charge in [-0.2, -0.15) is 0 Å². The molecule has 0 radical (unpaired) electrons. The van der Waals surface area contributed by atoms with Gasteiger partial charge in [0.15, 0.2) is 0 Å². The molecule has 194 valence electrons. The minimum absolute atomic E-state index is 0.206. The average molecular weight is 534 g/mol. The lowest BCUT2D eigenvalue weighted by atomic mass is 9.96. The molecule has 0 aliphatic carbocycles. The molecule has 3 amide bonds. The van der Waals surface area contributed by atoms with E-state index in [-0.39, 0.29) is 17.9 Å². The van der Waals surface area contributed by atoms with Gasteiger partial charge in [-0.25, -0.2) is 14.6 Å². The number of hydrogen-bond donors (Lipinski definition) is 3. The van der Waals surface area contributed by atoms with Crippen LogP contribution in [0.1, 0.15) is 12.8 Å². The molecular weight excluding hydrogens is 510 g/mol. The van der Waals surface area contributed by atoms with Gasteiger partial charge >= 0.3 is 12.1 Å². The second kappa shape index (κ2) is 10.8. The highest BCUT2D eigenvalue weighted by Gasteiger charge is 2.27. The van der Waals surface area contributed by atoms with Crippen LogP contribution in [0.3, 0.4) is 0 Å². The summed E-state index contributed by atoms with van der Waals surface area (Å²) in [5.74, 6) is 0.779. The molecular formula is C27H24ClN5O5. The molecule has 0 atom stereocenters. The van der Waals surface area contributed by atoms with Gasteiger partial charge in [0.1, 0.15) is 17.3 Å². The van der Waals surface area contributed by atoms with E-state index >= 15 is 0 Å². The lowest BCUT2D eigenvalue weighted by Gasteiger charge is -2.29. The number of pyridine rings is 1. The number of nitrogens with one attached hydrogen (secondary N) is 2. The Balaban J connectivity index is 1.26. The molecule has 0 unspecified atom stereocenters. The molecule has 5 rings (SSSR count). The predicted octanol–water partition coefficient (Wildman–Crippen LogP) is 5.89. The second-order valence-electron chi connectivity index (χ2n) is 8.83. The van der Waals surface area contributed by atoms with E-state index in [1.807, 2.05) is 18.2 Å². The molecule has 1 fully saturated rings. The largest absolute Gasteiger partial charge is 0.465 e. The van der Waals surface area contributed by atoms with Crippen LogP contribution in [0.2, 0.25) is 5.02 Å². The number of hydrogen-bond acceptors (Lipinski definition) is 5. The Morgan fingerprint density at radius 1 is 0.974 bits per heavy atom. The third-order valence-electron chi connectivity index (χ3n) is 6.33. The molecule has 11 heteroatoms. The summed E-state index contributed by atoms with van der Waals surface area (Å²) < 4.78 is 7.42. The number of amides is 3. The number of anilines is 2. The predicted molar refractivity (Wildman–Crippen MR) is 143 cm³/mol. The molecule has 0 spiro atoms. The van der Waals surface area contributed by atoms with E-state index in [1.165, 1.54) is 15.7 Å². The maximum absolute atomic E-state index is 12.8. The maximum Gasteiger partial charge on any atom is 0.407 e. The van der Waals surface area contributed by atoms with Crippen LogP contribution < -0.4 is 15.4 Å². The van der Waals surface area contributed by atoms with E-state index in [4.69, 9.17) is 21.4 Å². The van der Waals surface area contributed by atoms with E-state index in [2.05, 4.69) is 15.6 Å². The first-order valence-corrected chi connectivity index (χ1v) is 12.3. The number of benzene rings is 2. The molecule has 38 heavy (non-hydrogen) atoms. The number of nitrogens with zero attached hydrogens (tertiary/aromatic N) is 3. The molecule has 1 aliphatic rings. The summed E-state index contributed by atoms with van der Waals surface area (Å²) in [5.41, 5.74) is 1.29. The van der Waals surface area contributed by atoms with E-state index in [0.29, 0.717) is 64.9 Å². The normalized spacial score (nSPS) is 13.8. The Morgan fingerprint density at radius 2 is 1.71 bits per heavy atom. The van der Waals surface area contributed by atoms with Crippen LogP contribution in [0.5, 0.6) is 11.5 Å². The van der Waals surface area contributed by atoms with Crippen molar-refractivity contribution < 1.29 is 24.2 Å². The topological polar surface area (TPSA) is 126 Å². The second-order valence-corrected chi connectivity index (χ2v) is 9.24. The Bertz CT molecular complexity index is 1500. The molecule has 3 N–H and O–H groups in total. The van der Waals surface area contributed by atoms with Crippen molar-refractivity contribution in [3.05, 3.63) is 78.1 Å². The van der Waals surface area contributed by atoms with Gasteiger partial charge in [0, 0.05) is 48.5 Å². The average Bonchev–Trinajstić information content (AvgIpc) is 3.25. The van der Waals surface area contributed by atoms with Crippen molar-refractivity contribution in [1.82, 2.24) is 14.5 Å². The fourth-order valence-electron chi connectivity index (χ4n) is 4.35. The third-order valence-corrected chi connectivity index (χ3v) is 6.63. The first-order valence-electron chi connectivity index (χ1n) is 12.0. The Labute approximate surface area is 222 Å². The highest BCUT2D eigenvalue weighted by atomic mass is 35.5. The summed E-state index contributed by atoms with van der Waals surface area (Å²) in [6, 6.07) is 17.3. The van der Waals surface area contributed by atoms with E-state index in [0.717, 1.165) is 0 Å². The molecule has 1 saturated heterocycles. The van der Waals surface area contributed by atoms with Crippen LogP contribution in [0.25, 0.3) is 10.9 Å². The SMILES string of the molecule is O=C(Nc1cc(Oc2ccc3c(c2)c(Cl)cn3C(=O)Nc2ccccc2)ccn1)C1CCN(C(=O)O)CC1. The van der Waals surface area contributed by atoms with E-state index in [9.17, 15) is 14.4 Å². The zero-order valence-corrected chi connectivity index (χ0v) is 20.9. The van der Waals surface area contributed by atoms with Gasteiger partial charge in [0.05, 0.1) is 10.5 Å².